The molecular formula is C17H15IN2O3. The number of nitrogens with one attached hydrogen (secondary N) is 1. The lowest BCUT2D eigenvalue weighted by Gasteiger charge is -2.09. The molecule has 1 amide bonds. The van der Waals surface area contributed by atoms with Gasteiger partial charge in [-0.1, -0.05) is 12.1 Å². The quantitative estimate of drug-likeness (QED) is 0.655. The summed E-state index contributed by atoms with van der Waals surface area (Å²) in [7, 11) is 0. The average molecular weight is 422 g/mol. The van der Waals surface area contributed by atoms with Crippen molar-refractivity contribution in [1.29, 1.82) is 0 Å². The van der Waals surface area contributed by atoms with Gasteiger partial charge >= 0.3 is 5.76 Å². The number of amides is 1. The van der Waals surface area contributed by atoms with E-state index in [1.807, 2.05) is 37.3 Å². The summed E-state index contributed by atoms with van der Waals surface area (Å²) in [5, 5.41) is 2.88. The summed E-state index contributed by atoms with van der Waals surface area (Å²) < 4.78 is 7.76. The maximum Gasteiger partial charge on any atom is 0.419 e. The average Bonchev–Trinajstić information content (AvgIpc) is 2.83. The van der Waals surface area contributed by atoms with E-state index in [0.717, 1.165) is 14.8 Å². The Kier molecular flexibility index (Phi) is 4.51. The number of nitrogens with zero attached hydrogens (tertiary/aromatic N) is 1. The third-order valence-electron chi connectivity index (χ3n) is 3.60. The largest absolute Gasteiger partial charge is 0.419 e. The van der Waals surface area contributed by atoms with Crippen LogP contribution in [0.2, 0.25) is 0 Å². The van der Waals surface area contributed by atoms with E-state index in [1.165, 1.54) is 4.57 Å². The number of halogens is 1. The summed E-state index contributed by atoms with van der Waals surface area (Å²) in [5.41, 5.74) is 3.04. The maximum atomic E-state index is 12.1. The van der Waals surface area contributed by atoms with Crippen molar-refractivity contribution in [3.8, 4) is 0 Å². The third-order valence-corrected chi connectivity index (χ3v) is 4.27. The number of aromatic nitrogens is 1. The lowest BCUT2D eigenvalue weighted by atomic mass is 10.2. The Balaban J connectivity index is 1.71. The van der Waals surface area contributed by atoms with Crippen molar-refractivity contribution in [2.75, 3.05) is 5.32 Å². The van der Waals surface area contributed by atoms with Crippen molar-refractivity contribution >= 4 is 45.3 Å². The molecule has 0 atom stereocenters. The summed E-state index contributed by atoms with van der Waals surface area (Å²) in [5.74, 6) is -0.573. The molecule has 1 N–H and O–H groups in total. The molecule has 1 aromatic heterocycles. The summed E-state index contributed by atoms with van der Waals surface area (Å²) >= 11 is 2.23. The summed E-state index contributed by atoms with van der Waals surface area (Å²) in [6.07, 6.45) is 0.203. The van der Waals surface area contributed by atoms with Crippen molar-refractivity contribution in [2.24, 2.45) is 0 Å². The predicted octanol–water partition coefficient (Wildman–Crippen LogP) is 3.54. The number of hydrogen-bond donors (Lipinski definition) is 1. The second-order valence-corrected chi connectivity index (χ2v) is 6.49. The monoisotopic (exact) mass is 422 g/mol. The van der Waals surface area contributed by atoms with Crippen LogP contribution in [-0.2, 0) is 11.3 Å². The molecule has 5 nitrogen and oxygen atoms in total. The molecule has 3 rings (SSSR count). The number of para-hydroxylation sites is 2. The predicted molar refractivity (Wildman–Crippen MR) is 97.6 cm³/mol. The van der Waals surface area contributed by atoms with E-state index < -0.39 is 5.76 Å². The molecule has 0 saturated carbocycles. The molecule has 118 valence electrons. The van der Waals surface area contributed by atoms with E-state index in [9.17, 15) is 9.59 Å². The molecule has 0 unspecified atom stereocenters. The fourth-order valence-electron chi connectivity index (χ4n) is 2.42. The normalized spacial score (nSPS) is 10.9. The second kappa shape index (κ2) is 6.57. The van der Waals surface area contributed by atoms with Gasteiger partial charge in [-0.05, 0) is 65.4 Å². The maximum absolute atomic E-state index is 12.1. The first-order valence-electron chi connectivity index (χ1n) is 7.19. The first-order chi connectivity index (χ1) is 11.0. The van der Waals surface area contributed by atoms with Gasteiger partial charge in [0.05, 0.1) is 5.52 Å². The van der Waals surface area contributed by atoms with Gasteiger partial charge in [0.1, 0.15) is 0 Å². The molecule has 2 aromatic carbocycles. The third kappa shape index (κ3) is 3.47. The van der Waals surface area contributed by atoms with Crippen LogP contribution in [0.4, 0.5) is 5.69 Å². The van der Waals surface area contributed by atoms with Crippen LogP contribution >= 0.6 is 22.6 Å². The lowest BCUT2D eigenvalue weighted by molar-refractivity contribution is -0.116. The minimum atomic E-state index is -0.440. The SMILES string of the molecule is Cc1cc(I)ccc1NC(=O)CCn1c(=O)oc2ccccc21. The van der Waals surface area contributed by atoms with Gasteiger partial charge in [0, 0.05) is 22.2 Å². The minimum absolute atomic E-state index is 0.133. The van der Waals surface area contributed by atoms with Crippen molar-refractivity contribution in [3.05, 3.63) is 62.1 Å². The van der Waals surface area contributed by atoms with Crippen LogP contribution in [0.3, 0.4) is 0 Å². The number of carbonyl (C=O) groups excluding carboxylic acids is 1. The number of carbonyl (C=O) groups is 1. The first-order valence-corrected chi connectivity index (χ1v) is 8.27. The lowest BCUT2D eigenvalue weighted by Crippen LogP contribution is -2.20. The van der Waals surface area contributed by atoms with Gasteiger partial charge in [-0.15, -0.1) is 0 Å². The van der Waals surface area contributed by atoms with Crippen LogP contribution in [0.25, 0.3) is 11.1 Å². The Morgan fingerprint density at radius 1 is 1.26 bits per heavy atom. The summed E-state index contributed by atoms with van der Waals surface area (Å²) in [4.78, 5) is 24.0. The van der Waals surface area contributed by atoms with Crippen LogP contribution in [0.15, 0.2) is 51.7 Å². The molecule has 0 spiro atoms. The first kappa shape index (κ1) is 15.8. The zero-order valence-corrected chi connectivity index (χ0v) is 14.7. The Labute approximate surface area is 146 Å². The standard InChI is InChI=1S/C17H15IN2O3/c1-11-10-12(18)6-7-13(11)19-16(21)8-9-20-14-4-2-3-5-15(14)23-17(20)22/h2-7,10H,8-9H2,1H3,(H,19,21). The number of hydrogen-bond acceptors (Lipinski definition) is 3. The molecule has 0 aliphatic heterocycles. The Morgan fingerprint density at radius 3 is 2.83 bits per heavy atom. The van der Waals surface area contributed by atoms with Gasteiger partial charge in [-0.25, -0.2) is 4.79 Å². The summed E-state index contributed by atoms with van der Waals surface area (Å²) in [6, 6.07) is 13.0. The zero-order chi connectivity index (χ0) is 16.4. The van der Waals surface area contributed by atoms with Crippen molar-refractivity contribution in [3.63, 3.8) is 0 Å². The molecule has 0 bridgehead atoms. The van der Waals surface area contributed by atoms with Crippen molar-refractivity contribution < 1.29 is 9.21 Å². The molecular weight excluding hydrogens is 407 g/mol. The van der Waals surface area contributed by atoms with Crippen LogP contribution in [0, 0.1) is 10.5 Å². The fraction of sp³-hybridized carbons (Fsp3) is 0.176. The van der Waals surface area contributed by atoms with Gasteiger partial charge in [-0.2, -0.15) is 0 Å². The van der Waals surface area contributed by atoms with Crippen LogP contribution < -0.4 is 11.1 Å². The molecule has 0 fully saturated rings. The number of rotatable bonds is 4. The van der Waals surface area contributed by atoms with E-state index in [4.69, 9.17) is 4.42 Å². The molecule has 23 heavy (non-hydrogen) atoms. The van der Waals surface area contributed by atoms with E-state index in [0.29, 0.717) is 11.1 Å². The highest BCUT2D eigenvalue weighted by atomic mass is 127. The van der Waals surface area contributed by atoms with Gasteiger partial charge in [0.15, 0.2) is 5.58 Å². The highest BCUT2D eigenvalue weighted by Crippen LogP contribution is 2.18. The minimum Gasteiger partial charge on any atom is -0.408 e. The van der Waals surface area contributed by atoms with E-state index in [1.54, 1.807) is 12.1 Å². The van der Waals surface area contributed by atoms with Crippen LogP contribution in [0.5, 0.6) is 0 Å². The molecule has 6 heteroatoms. The molecule has 0 aliphatic carbocycles. The molecule has 1 heterocycles. The number of benzene rings is 2. The molecule has 0 aliphatic rings. The fourth-order valence-corrected chi connectivity index (χ4v) is 3.07. The molecule has 0 saturated heterocycles. The van der Waals surface area contributed by atoms with Crippen LogP contribution in [-0.4, -0.2) is 10.5 Å². The van der Waals surface area contributed by atoms with Crippen molar-refractivity contribution in [2.45, 2.75) is 19.9 Å². The summed E-state index contributed by atoms with van der Waals surface area (Å²) in [6.45, 7) is 2.23. The number of oxazole rings is 1. The van der Waals surface area contributed by atoms with Gasteiger partial charge in [0.2, 0.25) is 5.91 Å². The van der Waals surface area contributed by atoms with E-state index in [2.05, 4.69) is 27.9 Å². The van der Waals surface area contributed by atoms with Gasteiger partial charge in [0.25, 0.3) is 0 Å². The number of fused-ring (bicyclic) bond motifs is 1. The Morgan fingerprint density at radius 2 is 2.04 bits per heavy atom. The van der Waals surface area contributed by atoms with E-state index >= 15 is 0 Å². The van der Waals surface area contributed by atoms with Crippen LogP contribution in [0.1, 0.15) is 12.0 Å². The second-order valence-electron chi connectivity index (χ2n) is 5.24. The number of aryl methyl sites for hydroxylation is 2. The van der Waals surface area contributed by atoms with Gasteiger partial charge in [-0.3, -0.25) is 9.36 Å². The topological polar surface area (TPSA) is 64.2 Å². The zero-order valence-electron chi connectivity index (χ0n) is 12.5. The molecule has 3 aromatic rings. The molecule has 0 radical (unpaired) electrons. The highest BCUT2D eigenvalue weighted by molar-refractivity contribution is 14.1. The Hall–Kier alpha value is -2.09. The van der Waals surface area contributed by atoms with E-state index in [-0.39, 0.29) is 18.9 Å². The number of anilines is 1. The van der Waals surface area contributed by atoms with Gasteiger partial charge < -0.3 is 9.73 Å². The van der Waals surface area contributed by atoms with Crippen molar-refractivity contribution in [1.82, 2.24) is 4.57 Å². The smallest absolute Gasteiger partial charge is 0.408 e. The highest BCUT2D eigenvalue weighted by Gasteiger charge is 2.11. The Bertz CT molecular complexity index is 927.